The number of aromatic nitrogens is 4. The van der Waals surface area contributed by atoms with Crippen molar-refractivity contribution in [3.8, 4) is 0 Å². The Kier molecular flexibility index (Phi) is 3.71. The van der Waals surface area contributed by atoms with Gasteiger partial charge in [0.25, 0.3) is 0 Å². The van der Waals surface area contributed by atoms with E-state index >= 15 is 0 Å². The number of nitrogens with zero attached hydrogens (tertiary/aromatic N) is 4. The molecule has 9 nitrogen and oxygen atoms in total. The van der Waals surface area contributed by atoms with Crippen molar-refractivity contribution >= 4 is 17.0 Å². The molecule has 1 saturated heterocycles. The molecule has 0 amide bonds. The molecular weight excluding hydrogens is 338 g/mol. The third kappa shape index (κ3) is 2.43. The third-order valence-electron chi connectivity index (χ3n) is 5.69. The normalized spacial score (nSPS) is 38.6. The molecule has 0 spiro atoms. The maximum Gasteiger partial charge on any atom is 0.167 e. The maximum atomic E-state index is 10.5. The first-order valence-electron chi connectivity index (χ1n) is 8.86. The topological polar surface area (TPSA) is 129 Å². The van der Waals surface area contributed by atoms with Crippen molar-refractivity contribution in [3.05, 3.63) is 24.8 Å². The Labute approximate surface area is 149 Å². The van der Waals surface area contributed by atoms with E-state index in [1.807, 2.05) is 0 Å². The summed E-state index contributed by atoms with van der Waals surface area (Å²) in [5, 5.41) is 20.9. The molecule has 138 valence electrons. The molecule has 26 heavy (non-hydrogen) atoms. The molecule has 2 bridgehead atoms. The van der Waals surface area contributed by atoms with Gasteiger partial charge in [-0.05, 0) is 18.8 Å². The molecule has 5 rings (SSSR count). The van der Waals surface area contributed by atoms with Gasteiger partial charge in [0.15, 0.2) is 17.7 Å². The van der Waals surface area contributed by atoms with Crippen LogP contribution in [0.25, 0.3) is 11.2 Å². The van der Waals surface area contributed by atoms with Gasteiger partial charge in [-0.2, -0.15) is 0 Å². The van der Waals surface area contributed by atoms with Crippen LogP contribution in [0.15, 0.2) is 24.8 Å². The summed E-state index contributed by atoms with van der Waals surface area (Å²) in [5.74, 6) is 1.32. The minimum atomic E-state index is -1.11. The summed E-state index contributed by atoms with van der Waals surface area (Å²) in [5.41, 5.74) is 6.69. The molecule has 9 heteroatoms. The van der Waals surface area contributed by atoms with Crippen molar-refractivity contribution in [2.24, 2.45) is 11.8 Å². The van der Waals surface area contributed by atoms with E-state index in [1.165, 1.54) is 12.7 Å². The number of aliphatic hydroxyl groups excluding tert-OH is 2. The average Bonchev–Trinajstić information content (AvgIpc) is 3.40. The second kappa shape index (κ2) is 5.98. The van der Waals surface area contributed by atoms with Gasteiger partial charge >= 0.3 is 0 Å². The molecule has 2 fully saturated rings. The molecule has 1 aliphatic heterocycles. The first-order chi connectivity index (χ1) is 12.6. The van der Waals surface area contributed by atoms with Crippen LogP contribution in [0.1, 0.15) is 19.1 Å². The van der Waals surface area contributed by atoms with E-state index in [1.54, 1.807) is 4.57 Å². The van der Waals surface area contributed by atoms with Crippen LogP contribution in [-0.4, -0.2) is 60.8 Å². The summed E-state index contributed by atoms with van der Waals surface area (Å²) in [4.78, 5) is 12.2. The highest BCUT2D eigenvalue weighted by Crippen LogP contribution is 2.41. The van der Waals surface area contributed by atoms with Gasteiger partial charge < -0.3 is 25.4 Å². The molecule has 3 aliphatic rings. The van der Waals surface area contributed by atoms with Crippen LogP contribution in [0.5, 0.6) is 0 Å². The number of hydrogen-bond acceptors (Lipinski definition) is 8. The van der Waals surface area contributed by atoms with Crippen LogP contribution in [0.3, 0.4) is 0 Å². The molecule has 3 unspecified atom stereocenters. The highest BCUT2D eigenvalue weighted by molar-refractivity contribution is 5.81. The van der Waals surface area contributed by atoms with Gasteiger partial charge in [0.2, 0.25) is 0 Å². The summed E-state index contributed by atoms with van der Waals surface area (Å²) in [6.45, 7) is 0.236. The van der Waals surface area contributed by atoms with Gasteiger partial charge in [0.1, 0.15) is 30.2 Å². The largest absolute Gasteiger partial charge is 0.387 e. The monoisotopic (exact) mass is 359 g/mol. The van der Waals surface area contributed by atoms with E-state index in [4.69, 9.17) is 15.2 Å². The summed E-state index contributed by atoms with van der Waals surface area (Å²) in [6, 6.07) is 0. The highest BCUT2D eigenvalue weighted by atomic mass is 16.6. The van der Waals surface area contributed by atoms with Gasteiger partial charge in [-0.3, -0.25) is 4.57 Å². The number of allylic oxidation sites excluding steroid dienone is 1. The molecule has 2 aliphatic carbocycles. The van der Waals surface area contributed by atoms with Crippen LogP contribution >= 0.6 is 0 Å². The summed E-state index contributed by atoms with van der Waals surface area (Å²) < 4.78 is 13.5. The number of ether oxygens (including phenoxy) is 2. The first kappa shape index (κ1) is 16.1. The number of hydrogen-bond donors (Lipinski definition) is 3. The molecule has 2 aromatic rings. The molecule has 0 radical (unpaired) electrons. The zero-order valence-corrected chi connectivity index (χ0v) is 14.0. The van der Waals surface area contributed by atoms with Crippen molar-refractivity contribution in [3.63, 3.8) is 0 Å². The van der Waals surface area contributed by atoms with Crippen molar-refractivity contribution in [1.29, 1.82) is 0 Å². The molecule has 0 aromatic carbocycles. The van der Waals surface area contributed by atoms with E-state index in [0.29, 0.717) is 23.0 Å². The first-order valence-corrected chi connectivity index (χ1v) is 8.86. The SMILES string of the molecule is Nc1ncnc2c1ncn2[C@@H]1O[C@H](COC2CC3C=CC2C3)[C@@H](O)[C@H]1O. The highest BCUT2D eigenvalue weighted by Gasteiger charge is 2.45. The zero-order valence-electron chi connectivity index (χ0n) is 14.0. The average molecular weight is 359 g/mol. The van der Waals surface area contributed by atoms with Gasteiger partial charge in [0, 0.05) is 5.92 Å². The minimum Gasteiger partial charge on any atom is -0.387 e. The van der Waals surface area contributed by atoms with E-state index in [9.17, 15) is 10.2 Å². The Morgan fingerprint density at radius 3 is 2.85 bits per heavy atom. The van der Waals surface area contributed by atoms with Crippen LogP contribution in [0, 0.1) is 11.8 Å². The molecule has 1 saturated carbocycles. The van der Waals surface area contributed by atoms with E-state index < -0.39 is 24.5 Å². The minimum absolute atomic E-state index is 0.165. The number of imidazole rings is 1. The van der Waals surface area contributed by atoms with Crippen molar-refractivity contribution in [2.75, 3.05) is 12.3 Å². The molecular formula is C17H21N5O4. The lowest BCUT2D eigenvalue weighted by molar-refractivity contribution is -0.0846. The number of nitrogens with two attached hydrogens (primary N) is 1. The lowest BCUT2D eigenvalue weighted by Crippen LogP contribution is -2.35. The summed E-state index contributed by atoms with van der Waals surface area (Å²) in [7, 11) is 0. The fraction of sp³-hybridized carbons (Fsp3) is 0.588. The molecule has 2 aromatic heterocycles. The number of aliphatic hydroxyl groups is 2. The lowest BCUT2D eigenvalue weighted by atomic mass is 10.0. The predicted molar refractivity (Wildman–Crippen MR) is 90.8 cm³/mol. The van der Waals surface area contributed by atoms with E-state index in [0.717, 1.165) is 12.8 Å². The summed E-state index contributed by atoms with van der Waals surface area (Å²) in [6.07, 6.45) is 6.02. The molecule has 7 atom stereocenters. The van der Waals surface area contributed by atoms with Crippen LogP contribution in [-0.2, 0) is 9.47 Å². The Bertz CT molecular complexity index is 855. The van der Waals surface area contributed by atoms with E-state index in [2.05, 4.69) is 27.1 Å². The second-order valence-corrected chi connectivity index (χ2v) is 7.28. The fourth-order valence-electron chi connectivity index (χ4n) is 4.29. The summed E-state index contributed by atoms with van der Waals surface area (Å²) >= 11 is 0. The standard InChI is InChI=1S/C17H21N5O4/c18-15-12-16(20-6-19-15)22(7-21-12)17-14(24)13(23)11(26-17)5-25-10-4-8-1-2-9(10)3-8/h1-2,6-11,13-14,17,23-24H,3-5H2,(H2,18,19,20)/t8?,9?,10?,11-,13-,14-,17-/m1/s1. The van der Waals surface area contributed by atoms with Crippen molar-refractivity contribution in [1.82, 2.24) is 19.5 Å². The van der Waals surface area contributed by atoms with E-state index in [-0.39, 0.29) is 18.5 Å². The number of anilines is 1. The fourth-order valence-corrected chi connectivity index (χ4v) is 4.29. The molecule has 4 N–H and O–H groups in total. The van der Waals surface area contributed by atoms with Crippen molar-refractivity contribution in [2.45, 2.75) is 43.5 Å². The maximum absolute atomic E-state index is 10.5. The van der Waals surface area contributed by atoms with Crippen LogP contribution in [0.2, 0.25) is 0 Å². The van der Waals surface area contributed by atoms with Crippen LogP contribution in [0.4, 0.5) is 5.82 Å². The van der Waals surface area contributed by atoms with Gasteiger partial charge in [-0.15, -0.1) is 0 Å². The predicted octanol–water partition coefficient (Wildman–Crippen LogP) is 0.00890. The third-order valence-corrected chi connectivity index (χ3v) is 5.69. The smallest absolute Gasteiger partial charge is 0.167 e. The second-order valence-electron chi connectivity index (χ2n) is 7.28. The van der Waals surface area contributed by atoms with Crippen molar-refractivity contribution < 1.29 is 19.7 Å². The number of fused-ring (bicyclic) bond motifs is 3. The Balaban J connectivity index is 1.31. The number of nitrogen functional groups attached to an aromatic ring is 1. The Hall–Kier alpha value is -2.07. The lowest BCUT2D eigenvalue weighted by Gasteiger charge is -2.22. The molecule has 3 heterocycles. The Morgan fingerprint density at radius 1 is 1.19 bits per heavy atom. The van der Waals surface area contributed by atoms with Gasteiger partial charge in [-0.25, -0.2) is 15.0 Å². The number of rotatable bonds is 4. The quantitative estimate of drug-likeness (QED) is 0.651. The zero-order chi connectivity index (χ0) is 17.8. The Morgan fingerprint density at radius 2 is 2.08 bits per heavy atom. The van der Waals surface area contributed by atoms with Crippen LogP contribution < -0.4 is 5.73 Å². The van der Waals surface area contributed by atoms with Gasteiger partial charge in [-0.1, -0.05) is 12.2 Å². The van der Waals surface area contributed by atoms with Gasteiger partial charge in [0.05, 0.1) is 19.0 Å².